The van der Waals surface area contributed by atoms with E-state index in [2.05, 4.69) is 50.8 Å². The van der Waals surface area contributed by atoms with Crippen LogP contribution in [0.25, 0.3) is 0 Å². The monoisotopic (exact) mass is 321 g/mol. The number of imidazole rings is 1. The number of anilines is 1. The standard InChI is InChI=1S/C19H23N5/c1-15(2)14-24-11-10-21-19(24)13-22-17-8-9-20-18(23-17)12-16-6-4-3-5-7-16/h3-11,15H,12-14H2,1-2H3,(H,20,22,23). The highest BCUT2D eigenvalue weighted by Crippen LogP contribution is 2.10. The molecule has 0 unspecified atom stereocenters. The largest absolute Gasteiger partial charge is 0.363 e. The Labute approximate surface area is 142 Å². The fourth-order valence-electron chi connectivity index (χ4n) is 2.60. The van der Waals surface area contributed by atoms with Gasteiger partial charge in [-0.05, 0) is 17.5 Å². The van der Waals surface area contributed by atoms with E-state index in [4.69, 9.17) is 0 Å². The van der Waals surface area contributed by atoms with Crippen LogP contribution in [0.5, 0.6) is 0 Å². The van der Waals surface area contributed by atoms with E-state index in [0.29, 0.717) is 12.5 Å². The molecular formula is C19H23N5. The molecule has 3 aromatic rings. The average molecular weight is 321 g/mol. The Kier molecular flexibility index (Phi) is 5.21. The number of aromatic nitrogens is 4. The normalized spacial score (nSPS) is 11.0. The van der Waals surface area contributed by atoms with Gasteiger partial charge in [-0.15, -0.1) is 0 Å². The van der Waals surface area contributed by atoms with Crippen LogP contribution in [0.2, 0.25) is 0 Å². The van der Waals surface area contributed by atoms with E-state index in [1.165, 1.54) is 5.56 Å². The SMILES string of the molecule is CC(C)Cn1ccnc1CNc1ccnc(Cc2ccccc2)n1. The molecule has 0 amide bonds. The lowest BCUT2D eigenvalue weighted by Crippen LogP contribution is -2.12. The molecule has 0 bridgehead atoms. The van der Waals surface area contributed by atoms with Crippen molar-refractivity contribution >= 4 is 5.82 Å². The maximum atomic E-state index is 4.60. The van der Waals surface area contributed by atoms with Crippen molar-refractivity contribution < 1.29 is 0 Å². The Morgan fingerprint density at radius 3 is 2.67 bits per heavy atom. The third-order valence-electron chi connectivity index (χ3n) is 3.70. The minimum atomic E-state index is 0.592. The lowest BCUT2D eigenvalue weighted by Gasteiger charge is -2.11. The van der Waals surface area contributed by atoms with Crippen LogP contribution in [0.1, 0.15) is 31.1 Å². The molecule has 3 rings (SSSR count). The third-order valence-corrected chi connectivity index (χ3v) is 3.70. The maximum Gasteiger partial charge on any atom is 0.135 e. The van der Waals surface area contributed by atoms with Crippen molar-refractivity contribution in [1.29, 1.82) is 0 Å². The zero-order chi connectivity index (χ0) is 16.8. The summed E-state index contributed by atoms with van der Waals surface area (Å²) in [5.74, 6) is 3.26. The predicted molar refractivity (Wildman–Crippen MR) is 95.7 cm³/mol. The fourth-order valence-corrected chi connectivity index (χ4v) is 2.60. The molecule has 124 valence electrons. The van der Waals surface area contributed by atoms with E-state index in [9.17, 15) is 0 Å². The molecule has 0 fully saturated rings. The van der Waals surface area contributed by atoms with Crippen LogP contribution in [0.15, 0.2) is 55.0 Å². The summed E-state index contributed by atoms with van der Waals surface area (Å²) in [7, 11) is 0. The van der Waals surface area contributed by atoms with Crippen LogP contribution >= 0.6 is 0 Å². The summed E-state index contributed by atoms with van der Waals surface area (Å²) in [5, 5.41) is 3.35. The molecule has 0 aliphatic carbocycles. The van der Waals surface area contributed by atoms with Crippen molar-refractivity contribution in [2.45, 2.75) is 33.4 Å². The highest BCUT2D eigenvalue weighted by Gasteiger charge is 2.06. The van der Waals surface area contributed by atoms with Crippen LogP contribution in [0.3, 0.4) is 0 Å². The highest BCUT2D eigenvalue weighted by molar-refractivity contribution is 5.34. The van der Waals surface area contributed by atoms with Crippen LogP contribution in [-0.2, 0) is 19.5 Å². The molecule has 0 radical (unpaired) electrons. The average Bonchev–Trinajstić information content (AvgIpc) is 3.01. The quantitative estimate of drug-likeness (QED) is 0.723. The van der Waals surface area contributed by atoms with Crippen LogP contribution in [0, 0.1) is 5.92 Å². The second-order valence-electron chi connectivity index (χ2n) is 6.26. The van der Waals surface area contributed by atoms with Gasteiger partial charge in [-0.25, -0.2) is 15.0 Å². The topological polar surface area (TPSA) is 55.6 Å². The molecule has 5 nitrogen and oxygen atoms in total. The van der Waals surface area contributed by atoms with E-state index in [0.717, 1.165) is 30.4 Å². The minimum absolute atomic E-state index is 0.592. The maximum absolute atomic E-state index is 4.60. The molecule has 0 saturated carbocycles. The van der Waals surface area contributed by atoms with Gasteiger partial charge in [0.2, 0.25) is 0 Å². The van der Waals surface area contributed by atoms with Gasteiger partial charge in [0.15, 0.2) is 0 Å². The molecule has 0 spiro atoms. The molecule has 0 atom stereocenters. The summed E-state index contributed by atoms with van der Waals surface area (Å²) >= 11 is 0. The number of nitrogens with one attached hydrogen (secondary N) is 1. The Hall–Kier alpha value is -2.69. The molecule has 0 aliphatic rings. The van der Waals surface area contributed by atoms with Crippen molar-refractivity contribution in [3.05, 3.63) is 72.2 Å². The van der Waals surface area contributed by atoms with Gasteiger partial charge in [0.1, 0.15) is 17.5 Å². The molecule has 0 saturated heterocycles. The Balaban J connectivity index is 1.64. The van der Waals surface area contributed by atoms with Crippen LogP contribution < -0.4 is 5.32 Å². The predicted octanol–water partition coefficient (Wildman–Crippen LogP) is 3.53. The number of nitrogens with zero attached hydrogens (tertiary/aromatic N) is 4. The molecule has 2 heterocycles. The van der Waals surface area contributed by atoms with Gasteiger partial charge in [-0.2, -0.15) is 0 Å². The van der Waals surface area contributed by atoms with Crippen LogP contribution in [0.4, 0.5) is 5.82 Å². The smallest absolute Gasteiger partial charge is 0.135 e. The van der Waals surface area contributed by atoms with E-state index in [1.54, 1.807) is 6.20 Å². The molecule has 2 aromatic heterocycles. The minimum Gasteiger partial charge on any atom is -0.363 e. The Bertz CT molecular complexity index is 764. The van der Waals surface area contributed by atoms with E-state index in [1.807, 2.05) is 36.7 Å². The van der Waals surface area contributed by atoms with Gasteiger partial charge in [0.25, 0.3) is 0 Å². The molecule has 0 aliphatic heterocycles. The number of hydrogen-bond donors (Lipinski definition) is 1. The lowest BCUT2D eigenvalue weighted by atomic mass is 10.1. The molecule has 1 N–H and O–H groups in total. The van der Waals surface area contributed by atoms with E-state index in [-0.39, 0.29) is 0 Å². The summed E-state index contributed by atoms with van der Waals surface area (Å²) in [6, 6.07) is 12.2. The molecule has 24 heavy (non-hydrogen) atoms. The first kappa shape index (κ1) is 16.2. The third kappa shape index (κ3) is 4.41. The Morgan fingerprint density at radius 1 is 1.04 bits per heavy atom. The summed E-state index contributed by atoms with van der Waals surface area (Å²) in [6.07, 6.45) is 6.41. The van der Waals surface area contributed by atoms with Gasteiger partial charge in [0.05, 0.1) is 6.54 Å². The van der Waals surface area contributed by atoms with E-state index >= 15 is 0 Å². The summed E-state index contributed by atoms with van der Waals surface area (Å²) in [5.41, 5.74) is 1.21. The summed E-state index contributed by atoms with van der Waals surface area (Å²) in [4.78, 5) is 13.4. The zero-order valence-electron chi connectivity index (χ0n) is 14.2. The molecule has 5 heteroatoms. The van der Waals surface area contributed by atoms with Gasteiger partial charge in [-0.1, -0.05) is 44.2 Å². The number of rotatable bonds is 7. The van der Waals surface area contributed by atoms with Gasteiger partial charge in [-0.3, -0.25) is 0 Å². The van der Waals surface area contributed by atoms with Crippen molar-refractivity contribution in [2.75, 3.05) is 5.32 Å². The first-order valence-corrected chi connectivity index (χ1v) is 8.30. The highest BCUT2D eigenvalue weighted by atomic mass is 15.1. The first-order chi connectivity index (χ1) is 11.7. The van der Waals surface area contributed by atoms with Crippen molar-refractivity contribution in [1.82, 2.24) is 19.5 Å². The first-order valence-electron chi connectivity index (χ1n) is 8.30. The Morgan fingerprint density at radius 2 is 1.88 bits per heavy atom. The number of benzene rings is 1. The number of hydrogen-bond acceptors (Lipinski definition) is 4. The van der Waals surface area contributed by atoms with Crippen LogP contribution in [-0.4, -0.2) is 19.5 Å². The fraction of sp³-hybridized carbons (Fsp3) is 0.316. The van der Waals surface area contributed by atoms with Crippen molar-refractivity contribution in [2.24, 2.45) is 5.92 Å². The van der Waals surface area contributed by atoms with Crippen molar-refractivity contribution in [3.8, 4) is 0 Å². The van der Waals surface area contributed by atoms with Gasteiger partial charge < -0.3 is 9.88 Å². The summed E-state index contributed by atoms with van der Waals surface area (Å²) in [6.45, 7) is 6.04. The zero-order valence-corrected chi connectivity index (χ0v) is 14.2. The molecule has 1 aromatic carbocycles. The lowest BCUT2D eigenvalue weighted by molar-refractivity contribution is 0.509. The second kappa shape index (κ2) is 7.73. The second-order valence-corrected chi connectivity index (χ2v) is 6.26. The molecular weight excluding hydrogens is 298 g/mol. The van der Waals surface area contributed by atoms with Gasteiger partial charge in [0, 0.05) is 31.6 Å². The summed E-state index contributed by atoms with van der Waals surface area (Å²) < 4.78 is 2.18. The van der Waals surface area contributed by atoms with Crippen molar-refractivity contribution in [3.63, 3.8) is 0 Å². The van der Waals surface area contributed by atoms with Gasteiger partial charge >= 0.3 is 0 Å². The van der Waals surface area contributed by atoms with E-state index < -0.39 is 0 Å².